The van der Waals surface area contributed by atoms with Crippen LogP contribution in [0.2, 0.25) is 0 Å². The van der Waals surface area contributed by atoms with Crippen molar-refractivity contribution >= 4 is 35.7 Å². The van der Waals surface area contributed by atoms with Crippen molar-refractivity contribution in [1.29, 1.82) is 0 Å². The van der Waals surface area contributed by atoms with Crippen LogP contribution in [-0.4, -0.2) is 159 Å². The van der Waals surface area contributed by atoms with E-state index in [0.717, 1.165) is 50.1 Å². The minimum Gasteiger partial charge on any atom is 2.00 e. The number of phenolic OH excluding ortho intramolecular Hbond substituents is 3. The van der Waals surface area contributed by atoms with Crippen LogP contribution in [0.5, 0.6) is 17.2 Å². The molecule has 0 aliphatic rings. The van der Waals surface area contributed by atoms with E-state index in [-0.39, 0.29) is 52.4 Å². The van der Waals surface area contributed by atoms with Crippen LogP contribution in [-0.2, 0) is 73.3 Å². The van der Waals surface area contributed by atoms with E-state index in [4.69, 9.17) is 17.0 Å². The maximum atomic E-state index is 9.85. The fourth-order valence-electron chi connectivity index (χ4n) is 4.87. The maximum absolute atomic E-state index is 9.85. The molecule has 0 spiro atoms. The first-order valence-corrected chi connectivity index (χ1v) is 28.8. The summed E-state index contributed by atoms with van der Waals surface area (Å²) >= 11 is -0.826. The molecular formula is C54H87Cl2N13O3Zr3. The molecule has 75 heavy (non-hydrogen) atoms. The van der Waals surface area contributed by atoms with E-state index < -0.39 is 20.8 Å². The van der Waals surface area contributed by atoms with E-state index >= 15 is 0 Å². The molecule has 16 nitrogen and oxygen atoms in total. The zero-order valence-electron chi connectivity index (χ0n) is 48.5. The van der Waals surface area contributed by atoms with Crippen molar-refractivity contribution in [2.45, 2.75) is 41.5 Å². The van der Waals surface area contributed by atoms with Crippen LogP contribution in [0.15, 0.2) is 125 Å². The van der Waals surface area contributed by atoms with E-state index in [0.29, 0.717) is 17.2 Å². The number of aryl methyl sites for hydroxylation is 6. The van der Waals surface area contributed by atoms with Crippen LogP contribution in [0.4, 0.5) is 0 Å². The third-order valence-electron chi connectivity index (χ3n) is 7.18. The van der Waals surface area contributed by atoms with Crippen LogP contribution in [0.25, 0.3) is 31.9 Å². The quantitative estimate of drug-likeness (QED) is 0.139. The second-order valence-corrected chi connectivity index (χ2v) is 19.3. The molecule has 3 aromatic carbocycles. The predicted molar refractivity (Wildman–Crippen MR) is 318 cm³/mol. The molecule has 21 heteroatoms. The zero-order valence-corrected chi connectivity index (χ0v) is 57.4. The summed E-state index contributed by atoms with van der Waals surface area (Å²) in [6.07, 6.45) is 16.0. The second-order valence-electron chi connectivity index (χ2n) is 15.6. The van der Waals surface area contributed by atoms with Gasteiger partial charge in [0.2, 0.25) is 0 Å². The molecule has 412 valence electrons. The molecule has 6 aromatic rings. The van der Waals surface area contributed by atoms with Crippen molar-refractivity contribution in [2.75, 3.05) is 106 Å². The van der Waals surface area contributed by atoms with E-state index in [9.17, 15) is 15.3 Å². The van der Waals surface area contributed by atoms with E-state index in [2.05, 4.69) is 47.2 Å². The summed E-state index contributed by atoms with van der Waals surface area (Å²) in [5.74, 6) is 0.879. The SMILES string of the molecule is CN(C)C.C[N-]C.C[N-]C.C[N-]C.C[N-]C.C[N-]C.C[N-]C.Cc1cc(C)c(O)c(/C=N/n2cccc2)c1.Cc1cc(C)c(O)c(C=Nn2cccc2)c1.Cc1cc(C)c(O)c(C=Nn2cccc2)c1.[Cl][Zr][Cl].[Zr+2].[Zr+4]. The molecule has 0 radical (unpaired) electrons. The number of hydrogen-bond donors (Lipinski definition) is 3. The molecule has 6 rings (SSSR count). The zero-order chi connectivity index (χ0) is 57.2. The summed E-state index contributed by atoms with van der Waals surface area (Å²) in [5, 5.41) is 63.2. The standard InChI is InChI=1S/3C13H14N2O.C3H9N.6C2H6N.2ClH.3Zr/c3*1-10-7-11(2)13(16)12(8-10)9-14-15-5-3-4-6-15;1-4(2)3;6*1-3-2;;;;;/h3*3-9,16H,1-2H3;1-3H3;6*1-2H3;2*1H;;;/q;;;;6*-1;;;2*+2;+4/p-2/b14-9+;;;;;;;;;;;;;;. The molecule has 0 aliphatic carbocycles. The number of halogens is 2. The number of nitrogens with zero attached hydrogens (tertiary/aromatic N) is 13. The maximum Gasteiger partial charge on any atom is 4.00 e. The molecule has 0 saturated heterocycles. The predicted octanol–water partition coefficient (Wildman–Crippen LogP) is 13.3. The van der Waals surface area contributed by atoms with E-state index in [1.807, 2.05) is 178 Å². The fraction of sp³-hybridized carbons (Fsp3) is 0.389. The normalized spacial score (nSPS) is 9.23. The minimum absolute atomic E-state index is 0. The Kier molecular flexibility index (Phi) is 68.7. The Bertz CT molecular complexity index is 1980. The fourth-order valence-corrected chi connectivity index (χ4v) is 4.87. The molecule has 0 atom stereocenters. The molecule has 0 amide bonds. The Balaban J connectivity index is -0.000000150. The van der Waals surface area contributed by atoms with Crippen LogP contribution >= 0.6 is 17.0 Å². The van der Waals surface area contributed by atoms with Crippen molar-refractivity contribution in [3.8, 4) is 17.2 Å². The van der Waals surface area contributed by atoms with Crippen molar-refractivity contribution in [2.24, 2.45) is 15.3 Å². The molecular weight excluding hydrogens is 1220 g/mol. The van der Waals surface area contributed by atoms with Crippen LogP contribution in [0.1, 0.15) is 50.1 Å². The summed E-state index contributed by atoms with van der Waals surface area (Å²) in [6, 6.07) is 23.0. The molecule has 3 heterocycles. The van der Waals surface area contributed by atoms with Crippen molar-refractivity contribution < 1.29 is 88.6 Å². The Morgan fingerprint density at radius 1 is 0.413 bits per heavy atom. The first-order chi connectivity index (χ1) is 34.6. The number of hydrogen-bond acceptors (Lipinski definition) is 7. The van der Waals surface area contributed by atoms with Gasteiger partial charge < -0.3 is 52.1 Å². The molecule has 0 unspecified atom stereocenters. The first kappa shape index (κ1) is 85.8. The molecule has 0 aliphatic heterocycles. The molecule has 0 bridgehead atoms. The number of aromatic nitrogens is 3. The Labute approximate surface area is 510 Å². The number of benzene rings is 3. The van der Waals surface area contributed by atoms with Crippen molar-refractivity contribution in [3.05, 3.63) is 192 Å². The van der Waals surface area contributed by atoms with Gasteiger partial charge in [-0.25, -0.2) is 14.0 Å². The minimum atomic E-state index is -0.826. The Hall–Kier alpha value is -3.14. The summed E-state index contributed by atoms with van der Waals surface area (Å²) in [7, 11) is 36.9. The van der Waals surface area contributed by atoms with E-state index in [1.54, 1.807) is 117 Å². The topological polar surface area (TPSA) is 200 Å². The number of aromatic hydroxyl groups is 3. The van der Waals surface area contributed by atoms with Gasteiger partial charge in [0.05, 0.1) is 18.6 Å². The van der Waals surface area contributed by atoms with Gasteiger partial charge in [-0.15, -0.1) is 0 Å². The smallest absolute Gasteiger partial charge is 2.00 e. The van der Waals surface area contributed by atoms with Gasteiger partial charge in [0, 0.05) is 53.9 Å². The van der Waals surface area contributed by atoms with Gasteiger partial charge >= 0.3 is 90.3 Å². The van der Waals surface area contributed by atoms with Crippen molar-refractivity contribution in [3.63, 3.8) is 0 Å². The van der Waals surface area contributed by atoms with E-state index in [1.165, 1.54) is 0 Å². The second kappa shape index (κ2) is 60.1. The van der Waals surface area contributed by atoms with Gasteiger partial charge in [0.15, 0.2) is 0 Å². The molecule has 3 aromatic heterocycles. The van der Waals surface area contributed by atoms with Crippen LogP contribution in [0.3, 0.4) is 0 Å². The molecule has 0 saturated carbocycles. The third-order valence-corrected chi connectivity index (χ3v) is 7.18. The van der Waals surface area contributed by atoms with Gasteiger partial charge in [-0.1, -0.05) is 18.2 Å². The number of rotatable bonds is 6. The largest absolute Gasteiger partial charge is 4.00 e. The van der Waals surface area contributed by atoms with Crippen LogP contribution < -0.4 is 0 Å². The first-order valence-electron chi connectivity index (χ1n) is 22.5. The average Bonchev–Trinajstić information content (AvgIpc) is 4.14. The summed E-state index contributed by atoms with van der Waals surface area (Å²) in [5.41, 5.74) is 8.18. The van der Waals surface area contributed by atoms with Gasteiger partial charge in [-0.05, 0) is 151 Å². The molecule has 0 fully saturated rings. The summed E-state index contributed by atoms with van der Waals surface area (Å²) in [4.78, 5) is 2.00. The Morgan fingerprint density at radius 3 is 0.707 bits per heavy atom. The number of phenols is 3. The molecule has 3 N–H and O–H groups in total. The summed E-state index contributed by atoms with van der Waals surface area (Å²) in [6.45, 7) is 11.7. The van der Waals surface area contributed by atoms with Gasteiger partial charge in [0.25, 0.3) is 0 Å². The van der Waals surface area contributed by atoms with Crippen molar-refractivity contribution in [1.82, 2.24) is 18.9 Å². The van der Waals surface area contributed by atoms with Gasteiger partial charge in [-0.3, -0.25) is 0 Å². The monoisotopic (exact) mass is 1310 g/mol. The summed E-state index contributed by atoms with van der Waals surface area (Å²) < 4.78 is 5.07. The average molecular weight is 1310 g/mol. The van der Waals surface area contributed by atoms with Crippen LogP contribution in [0, 0.1) is 41.5 Å². The van der Waals surface area contributed by atoms with Gasteiger partial charge in [0.1, 0.15) is 17.2 Å². The third kappa shape index (κ3) is 51.4. The Morgan fingerprint density at radius 2 is 0.560 bits per heavy atom. The van der Waals surface area contributed by atoms with Gasteiger partial charge in [-0.2, -0.15) is 99.9 Å².